The maximum atomic E-state index is 12.9. The van der Waals surface area contributed by atoms with Crippen molar-refractivity contribution in [2.45, 2.75) is 31.5 Å². The van der Waals surface area contributed by atoms with Gasteiger partial charge < -0.3 is 5.73 Å². The van der Waals surface area contributed by atoms with Crippen LogP contribution in [0.3, 0.4) is 0 Å². The lowest BCUT2D eigenvalue weighted by Crippen LogP contribution is -2.29. The van der Waals surface area contributed by atoms with Crippen molar-refractivity contribution in [3.8, 4) is 0 Å². The summed E-state index contributed by atoms with van der Waals surface area (Å²) < 4.78 is 38.6. The molecular weight excluding hydrogens is 286 g/mol. The Morgan fingerprint density at radius 2 is 1.89 bits per heavy atom. The summed E-state index contributed by atoms with van der Waals surface area (Å²) in [5.74, 6) is 0.164. The highest BCUT2D eigenvalue weighted by atomic mass is 35.5. The quantitative estimate of drug-likeness (QED) is 0.850. The zero-order valence-electron chi connectivity index (χ0n) is 9.51. The van der Waals surface area contributed by atoms with Crippen LogP contribution in [-0.4, -0.2) is 0 Å². The van der Waals surface area contributed by atoms with Crippen molar-refractivity contribution >= 4 is 24.0 Å². The Bertz CT molecular complexity index is 416. The van der Waals surface area contributed by atoms with E-state index in [1.54, 1.807) is 0 Å². The molecule has 102 valence electrons. The second kappa shape index (κ2) is 5.68. The van der Waals surface area contributed by atoms with Crippen LogP contribution in [-0.2, 0) is 6.18 Å². The van der Waals surface area contributed by atoms with Gasteiger partial charge in [-0.15, -0.1) is 12.4 Å². The fourth-order valence-corrected chi connectivity index (χ4v) is 2.29. The smallest absolute Gasteiger partial charge is 0.324 e. The van der Waals surface area contributed by atoms with Crippen LogP contribution in [0.1, 0.15) is 36.4 Å². The number of halogens is 5. The van der Waals surface area contributed by atoms with Crippen molar-refractivity contribution in [1.82, 2.24) is 0 Å². The van der Waals surface area contributed by atoms with Crippen LogP contribution < -0.4 is 5.73 Å². The van der Waals surface area contributed by atoms with Crippen LogP contribution >= 0.6 is 24.0 Å². The lowest BCUT2D eigenvalue weighted by atomic mass is 9.76. The number of nitrogens with two attached hydrogens (primary N) is 1. The minimum atomic E-state index is -4.40. The minimum Gasteiger partial charge on any atom is -0.324 e. The molecule has 18 heavy (non-hydrogen) atoms. The average Bonchev–Trinajstić information content (AvgIpc) is 2.13. The van der Waals surface area contributed by atoms with Gasteiger partial charge in [-0.05, 0) is 36.5 Å². The van der Waals surface area contributed by atoms with E-state index in [1.165, 1.54) is 12.1 Å². The molecule has 2 N–H and O–H groups in total. The minimum absolute atomic E-state index is 0. The number of alkyl halides is 3. The zero-order chi connectivity index (χ0) is 12.6. The van der Waals surface area contributed by atoms with Gasteiger partial charge in [0, 0.05) is 11.1 Å². The maximum absolute atomic E-state index is 12.9. The van der Waals surface area contributed by atoms with Crippen LogP contribution in [0.15, 0.2) is 18.2 Å². The Labute approximate surface area is 115 Å². The van der Waals surface area contributed by atoms with E-state index in [0.29, 0.717) is 0 Å². The second-order valence-corrected chi connectivity index (χ2v) is 4.88. The molecule has 0 amide bonds. The molecular formula is C12H14Cl2F3N. The van der Waals surface area contributed by atoms with Crippen LogP contribution in [0.5, 0.6) is 0 Å². The van der Waals surface area contributed by atoms with Crippen LogP contribution in [0.2, 0.25) is 5.02 Å². The van der Waals surface area contributed by atoms with Crippen molar-refractivity contribution in [2.24, 2.45) is 11.7 Å². The molecule has 1 aromatic rings. The van der Waals surface area contributed by atoms with Gasteiger partial charge in [-0.3, -0.25) is 0 Å². The predicted octanol–water partition coefficient (Wildman–Crippen LogP) is 4.58. The molecule has 1 aromatic carbocycles. The Kier molecular flexibility index (Phi) is 4.92. The fourth-order valence-electron chi connectivity index (χ4n) is 2.12. The summed E-state index contributed by atoms with van der Waals surface area (Å²) in [5, 5.41) is 0.0851. The van der Waals surface area contributed by atoms with Crippen molar-refractivity contribution in [3.63, 3.8) is 0 Å². The molecule has 1 atom stereocenters. The van der Waals surface area contributed by atoms with Crippen LogP contribution in [0.4, 0.5) is 13.2 Å². The van der Waals surface area contributed by atoms with Crippen LogP contribution in [0.25, 0.3) is 0 Å². The lowest BCUT2D eigenvalue weighted by molar-refractivity contribution is -0.138. The molecule has 1 aliphatic carbocycles. The summed E-state index contributed by atoms with van der Waals surface area (Å²) >= 11 is 5.61. The standard InChI is InChI=1S/C12H13ClF3N.ClH/c13-8-4-5-9(10(6-8)12(14,15)16)11(17)7-2-1-3-7;/h4-7,11H,1-3,17H2;1H/t11-;/m0./s1. The monoisotopic (exact) mass is 299 g/mol. The molecule has 0 radical (unpaired) electrons. The Hall–Kier alpha value is -0.450. The summed E-state index contributed by atoms with van der Waals surface area (Å²) in [4.78, 5) is 0. The molecule has 0 aromatic heterocycles. The molecule has 2 rings (SSSR count). The van der Waals surface area contributed by atoms with Gasteiger partial charge in [-0.2, -0.15) is 13.2 Å². The molecule has 1 aliphatic rings. The van der Waals surface area contributed by atoms with Gasteiger partial charge in [0.15, 0.2) is 0 Å². The Morgan fingerprint density at radius 3 is 2.33 bits per heavy atom. The molecule has 0 bridgehead atoms. The van der Waals surface area contributed by atoms with Crippen molar-refractivity contribution in [2.75, 3.05) is 0 Å². The summed E-state index contributed by atoms with van der Waals surface area (Å²) in [6.45, 7) is 0. The van der Waals surface area contributed by atoms with Gasteiger partial charge >= 0.3 is 6.18 Å². The van der Waals surface area contributed by atoms with E-state index in [2.05, 4.69) is 0 Å². The fraction of sp³-hybridized carbons (Fsp3) is 0.500. The maximum Gasteiger partial charge on any atom is 0.416 e. The van der Waals surface area contributed by atoms with Crippen molar-refractivity contribution in [3.05, 3.63) is 34.3 Å². The van der Waals surface area contributed by atoms with Gasteiger partial charge in [0.25, 0.3) is 0 Å². The summed E-state index contributed by atoms with van der Waals surface area (Å²) in [7, 11) is 0. The first kappa shape index (κ1) is 15.6. The summed E-state index contributed by atoms with van der Waals surface area (Å²) in [5.41, 5.74) is 5.36. The lowest BCUT2D eigenvalue weighted by Gasteiger charge is -2.32. The summed E-state index contributed by atoms with van der Waals surface area (Å²) in [6, 6.07) is 3.27. The van der Waals surface area contributed by atoms with Gasteiger partial charge in [-0.1, -0.05) is 24.1 Å². The first-order chi connectivity index (χ1) is 7.89. The zero-order valence-corrected chi connectivity index (χ0v) is 11.1. The SMILES string of the molecule is Cl.N[C@H](c1ccc(Cl)cc1C(F)(F)F)C1CCC1. The highest BCUT2D eigenvalue weighted by Gasteiger charge is 2.37. The number of hydrogen-bond donors (Lipinski definition) is 1. The molecule has 0 unspecified atom stereocenters. The Balaban J connectivity index is 0.00000162. The second-order valence-electron chi connectivity index (χ2n) is 4.45. The third-order valence-electron chi connectivity index (χ3n) is 3.34. The highest BCUT2D eigenvalue weighted by Crippen LogP contribution is 2.42. The largest absolute Gasteiger partial charge is 0.416 e. The van der Waals surface area contributed by atoms with E-state index in [-0.39, 0.29) is 28.9 Å². The van der Waals surface area contributed by atoms with E-state index in [4.69, 9.17) is 17.3 Å². The van der Waals surface area contributed by atoms with E-state index in [0.717, 1.165) is 25.3 Å². The molecule has 1 nitrogen and oxygen atoms in total. The number of hydrogen-bond acceptors (Lipinski definition) is 1. The summed E-state index contributed by atoms with van der Waals surface area (Å²) in [6.07, 6.45) is -1.54. The van der Waals surface area contributed by atoms with E-state index < -0.39 is 17.8 Å². The molecule has 0 heterocycles. The molecule has 6 heteroatoms. The van der Waals surface area contributed by atoms with Gasteiger partial charge in [0.05, 0.1) is 5.56 Å². The molecule has 1 fully saturated rings. The molecule has 0 saturated heterocycles. The first-order valence-electron chi connectivity index (χ1n) is 5.52. The molecule has 0 spiro atoms. The normalized spacial score (nSPS) is 17.8. The molecule has 1 saturated carbocycles. The van der Waals surface area contributed by atoms with Gasteiger partial charge in [0.2, 0.25) is 0 Å². The third-order valence-corrected chi connectivity index (χ3v) is 3.57. The first-order valence-corrected chi connectivity index (χ1v) is 5.89. The van der Waals surface area contributed by atoms with E-state index in [1.807, 2.05) is 0 Å². The van der Waals surface area contributed by atoms with E-state index in [9.17, 15) is 13.2 Å². The number of rotatable bonds is 2. The van der Waals surface area contributed by atoms with Crippen molar-refractivity contribution < 1.29 is 13.2 Å². The predicted molar refractivity (Wildman–Crippen MR) is 68.0 cm³/mol. The average molecular weight is 300 g/mol. The molecule has 0 aliphatic heterocycles. The third kappa shape index (κ3) is 3.11. The Morgan fingerprint density at radius 1 is 1.28 bits per heavy atom. The highest BCUT2D eigenvalue weighted by molar-refractivity contribution is 6.30. The van der Waals surface area contributed by atoms with Gasteiger partial charge in [-0.25, -0.2) is 0 Å². The number of benzene rings is 1. The van der Waals surface area contributed by atoms with Gasteiger partial charge in [0.1, 0.15) is 0 Å². The van der Waals surface area contributed by atoms with Crippen molar-refractivity contribution in [1.29, 1.82) is 0 Å². The van der Waals surface area contributed by atoms with E-state index >= 15 is 0 Å². The topological polar surface area (TPSA) is 26.0 Å². The van der Waals surface area contributed by atoms with Crippen LogP contribution in [0, 0.1) is 5.92 Å².